The van der Waals surface area contributed by atoms with Crippen molar-refractivity contribution in [2.45, 2.75) is 32.7 Å². The van der Waals surface area contributed by atoms with Crippen LogP contribution in [0.4, 0.5) is 4.39 Å². The molecular weight excluding hydrogens is 275 g/mol. The number of hydrogen-bond acceptors (Lipinski definition) is 2. The summed E-state index contributed by atoms with van der Waals surface area (Å²) in [5, 5.41) is 3.91. The van der Waals surface area contributed by atoms with Gasteiger partial charge in [0.2, 0.25) is 0 Å². The molecule has 0 saturated carbocycles. The Kier molecular flexibility index (Phi) is 6.27. The van der Waals surface area contributed by atoms with Crippen LogP contribution in [0.2, 0.25) is 5.02 Å². The van der Waals surface area contributed by atoms with E-state index in [-0.39, 0.29) is 5.82 Å². The van der Waals surface area contributed by atoms with Gasteiger partial charge in [0.1, 0.15) is 5.82 Å². The second-order valence-electron chi connectivity index (χ2n) is 5.68. The van der Waals surface area contributed by atoms with Crippen LogP contribution in [0, 0.1) is 11.7 Å². The Morgan fingerprint density at radius 1 is 1.45 bits per heavy atom. The topological polar surface area (TPSA) is 15.3 Å². The smallest absolute Gasteiger partial charge is 0.129 e. The van der Waals surface area contributed by atoms with Gasteiger partial charge >= 0.3 is 0 Å². The van der Waals surface area contributed by atoms with Gasteiger partial charge in [-0.1, -0.05) is 24.6 Å². The first-order valence-corrected chi connectivity index (χ1v) is 7.94. The molecule has 1 fully saturated rings. The largest absolute Gasteiger partial charge is 0.316 e. The van der Waals surface area contributed by atoms with E-state index < -0.39 is 0 Å². The molecule has 1 N–H and O–H groups in total. The van der Waals surface area contributed by atoms with Crippen LogP contribution in [0.3, 0.4) is 0 Å². The Balaban J connectivity index is 1.96. The number of benzene rings is 1. The average Bonchev–Trinajstić information content (AvgIpc) is 2.43. The summed E-state index contributed by atoms with van der Waals surface area (Å²) in [6, 6.07) is 4.98. The zero-order chi connectivity index (χ0) is 14.4. The number of nitrogens with one attached hydrogen (secondary N) is 1. The van der Waals surface area contributed by atoms with Crippen molar-refractivity contribution in [3.8, 4) is 0 Å². The van der Waals surface area contributed by atoms with E-state index in [0.717, 1.165) is 38.2 Å². The van der Waals surface area contributed by atoms with Crippen molar-refractivity contribution in [1.82, 2.24) is 10.2 Å². The first kappa shape index (κ1) is 15.7. The molecule has 4 heteroatoms. The fourth-order valence-corrected chi connectivity index (χ4v) is 3.05. The molecule has 20 heavy (non-hydrogen) atoms. The first-order valence-electron chi connectivity index (χ1n) is 7.56. The Morgan fingerprint density at radius 2 is 2.30 bits per heavy atom. The van der Waals surface area contributed by atoms with E-state index in [1.54, 1.807) is 12.1 Å². The van der Waals surface area contributed by atoms with E-state index in [1.165, 1.54) is 18.9 Å². The molecule has 1 aromatic carbocycles. The summed E-state index contributed by atoms with van der Waals surface area (Å²) in [4.78, 5) is 2.37. The third-order valence-corrected chi connectivity index (χ3v) is 4.10. The lowest BCUT2D eigenvalue weighted by molar-refractivity contribution is 0.199. The van der Waals surface area contributed by atoms with Crippen molar-refractivity contribution in [1.29, 1.82) is 0 Å². The van der Waals surface area contributed by atoms with Gasteiger partial charge in [-0.15, -0.1) is 0 Å². The minimum absolute atomic E-state index is 0.194. The van der Waals surface area contributed by atoms with Crippen molar-refractivity contribution < 1.29 is 4.39 Å². The summed E-state index contributed by atoms with van der Waals surface area (Å²) < 4.78 is 13.9. The number of hydrogen-bond donors (Lipinski definition) is 1. The van der Waals surface area contributed by atoms with E-state index in [1.807, 2.05) is 0 Å². The molecule has 1 unspecified atom stereocenters. The molecule has 2 nitrogen and oxygen atoms in total. The molecule has 0 bridgehead atoms. The molecule has 0 amide bonds. The van der Waals surface area contributed by atoms with Crippen LogP contribution in [-0.4, -0.2) is 31.1 Å². The highest BCUT2D eigenvalue weighted by Crippen LogP contribution is 2.18. The van der Waals surface area contributed by atoms with Crippen LogP contribution in [0.1, 0.15) is 31.7 Å². The fraction of sp³-hybridized carbons (Fsp3) is 0.625. The van der Waals surface area contributed by atoms with Crippen LogP contribution < -0.4 is 5.32 Å². The van der Waals surface area contributed by atoms with Crippen LogP contribution >= 0.6 is 11.6 Å². The lowest BCUT2D eigenvalue weighted by atomic mass is 9.98. The maximum Gasteiger partial charge on any atom is 0.129 e. The summed E-state index contributed by atoms with van der Waals surface area (Å²) in [6.45, 7) is 7.12. The van der Waals surface area contributed by atoms with Gasteiger partial charge in [-0.25, -0.2) is 4.39 Å². The third kappa shape index (κ3) is 4.72. The minimum Gasteiger partial charge on any atom is -0.316 e. The third-order valence-electron chi connectivity index (χ3n) is 3.86. The molecule has 1 aromatic rings. The Morgan fingerprint density at radius 3 is 2.95 bits per heavy atom. The highest BCUT2D eigenvalue weighted by atomic mass is 35.5. The van der Waals surface area contributed by atoms with Crippen molar-refractivity contribution >= 4 is 11.6 Å². The Hall–Kier alpha value is -0.640. The molecule has 0 radical (unpaired) electrons. The van der Waals surface area contributed by atoms with Crippen molar-refractivity contribution in [2.24, 2.45) is 5.92 Å². The average molecular weight is 299 g/mol. The van der Waals surface area contributed by atoms with Gasteiger partial charge in [0.05, 0.1) is 0 Å². The molecule has 2 rings (SSSR count). The SMILES string of the molecule is CCCN(Cc1ccc(Cl)cc1F)CC1CCCNC1. The van der Waals surface area contributed by atoms with Crippen molar-refractivity contribution in [2.75, 3.05) is 26.2 Å². The van der Waals surface area contributed by atoms with Gasteiger partial charge in [0.15, 0.2) is 0 Å². The van der Waals surface area contributed by atoms with Crippen molar-refractivity contribution in [3.63, 3.8) is 0 Å². The second-order valence-corrected chi connectivity index (χ2v) is 6.12. The number of piperidine rings is 1. The summed E-state index contributed by atoms with van der Waals surface area (Å²) in [6.07, 6.45) is 3.62. The molecule has 1 aliphatic rings. The zero-order valence-corrected chi connectivity index (χ0v) is 12.9. The summed E-state index contributed by atoms with van der Waals surface area (Å²) in [5.41, 5.74) is 0.742. The summed E-state index contributed by atoms with van der Waals surface area (Å²) in [5.74, 6) is 0.492. The molecular formula is C16H24ClFN2. The zero-order valence-electron chi connectivity index (χ0n) is 12.2. The number of nitrogens with zero attached hydrogens (tertiary/aromatic N) is 1. The highest BCUT2D eigenvalue weighted by Gasteiger charge is 2.17. The van der Waals surface area contributed by atoms with Gasteiger partial charge in [-0.05, 0) is 56.9 Å². The van der Waals surface area contributed by atoms with E-state index in [2.05, 4.69) is 17.1 Å². The predicted molar refractivity (Wildman–Crippen MR) is 82.6 cm³/mol. The first-order chi connectivity index (χ1) is 9.69. The maximum absolute atomic E-state index is 13.9. The minimum atomic E-state index is -0.194. The quantitative estimate of drug-likeness (QED) is 0.861. The lowest BCUT2D eigenvalue weighted by Gasteiger charge is -2.30. The van der Waals surface area contributed by atoms with E-state index in [9.17, 15) is 4.39 Å². The molecule has 0 aliphatic carbocycles. The molecule has 1 heterocycles. The van der Waals surface area contributed by atoms with Gasteiger partial charge in [0, 0.05) is 23.7 Å². The van der Waals surface area contributed by atoms with Crippen molar-refractivity contribution in [3.05, 3.63) is 34.6 Å². The fourth-order valence-electron chi connectivity index (χ4n) is 2.89. The highest BCUT2D eigenvalue weighted by molar-refractivity contribution is 6.30. The number of rotatable bonds is 6. The molecule has 0 aromatic heterocycles. The second kappa shape index (κ2) is 7.96. The monoisotopic (exact) mass is 298 g/mol. The maximum atomic E-state index is 13.9. The van der Waals surface area contributed by atoms with Gasteiger partial charge in [-0.3, -0.25) is 4.90 Å². The molecule has 1 atom stereocenters. The standard InChI is InChI=1S/C16H24ClFN2/c1-2-8-20(11-13-4-3-7-19-10-13)12-14-5-6-15(17)9-16(14)18/h5-6,9,13,19H,2-4,7-8,10-12H2,1H3. The number of halogens is 2. The Labute approximate surface area is 126 Å². The molecule has 0 spiro atoms. The lowest BCUT2D eigenvalue weighted by Crippen LogP contribution is -2.38. The van der Waals surface area contributed by atoms with Gasteiger partial charge in [0.25, 0.3) is 0 Å². The van der Waals surface area contributed by atoms with Gasteiger partial charge in [-0.2, -0.15) is 0 Å². The van der Waals surface area contributed by atoms with Gasteiger partial charge < -0.3 is 5.32 Å². The normalized spacial score (nSPS) is 19.5. The van der Waals surface area contributed by atoms with Crippen LogP contribution in [0.25, 0.3) is 0 Å². The van der Waals surface area contributed by atoms with E-state index in [4.69, 9.17) is 11.6 Å². The van der Waals surface area contributed by atoms with Crippen LogP contribution in [0.5, 0.6) is 0 Å². The van der Waals surface area contributed by atoms with Crippen LogP contribution in [0.15, 0.2) is 18.2 Å². The summed E-state index contributed by atoms with van der Waals surface area (Å²) >= 11 is 5.81. The molecule has 112 valence electrons. The molecule has 1 aliphatic heterocycles. The van der Waals surface area contributed by atoms with E-state index in [0.29, 0.717) is 17.5 Å². The Bertz CT molecular complexity index is 419. The molecule has 1 saturated heterocycles. The van der Waals surface area contributed by atoms with Crippen LogP contribution in [-0.2, 0) is 6.54 Å². The predicted octanol–water partition coefficient (Wildman–Crippen LogP) is 3.69. The summed E-state index contributed by atoms with van der Waals surface area (Å²) in [7, 11) is 0. The van der Waals surface area contributed by atoms with E-state index >= 15 is 0 Å².